The van der Waals surface area contributed by atoms with E-state index in [9.17, 15) is 4.79 Å². The number of carbonyl (C=O) groups excluding carboxylic acids is 1. The Hall–Kier alpha value is -2.04. The second-order valence-electron chi connectivity index (χ2n) is 5.30. The van der Waals surface area contributed by atoms with Crippen molar-refractivity contribution in [1.29, 1.82) is 0 Å². The first-order chi connectivity index (χ1) is 11.6. The number of benzene rings is 2. The summed E-state index contributed by atoms with van der Waals surface area (Å²) in [4.78, 5) is 12.0. The van der Waals surface area contributed by atoms with Crippen LogP contribution in [0.25, 0.3) is 11.3 Å². The second kappa shape index (κ2) is 7.69. The number of rotatable bonds is 5. The highest BCUT2D eigenvalue weighted by molar-refractivity contribution is 9.10. The van der Waals surface area contributed by atoms with Crippen molar-refractivity contribution < 1.29 is 9.21 Å². The van der Waals surface area contributed by atoms with Crippen LogP contribution < -0.4 is 5.32 Å². The Morgan fingerprint density at radius 2 is 1.79 bits per heavy atom. The first-order valence-corrected chi connectivity index (χ1v) is 8.68. The molecular weight excluding hydrogens is 390 g/mol. The van der Waals surface area contributed by atoms with Gasteiger partial charge in [0.2, 0.25) is 5.91 Å². The lowest BCUT2D eigenvalue weighted by Gasteiger charge is -2.06. The van der Waals surface area contributed by atoms with E-state index in [-0.39, 0.29) is 5.91 Å². The average molecular weight is 405 g/mol. The van der Waals surface area contributed by atoms with Gasteiger partial charge in [-0.3, -0.25) is 4.79 Å². The van der Waals surface area contributed by atoms with Gasteiger partial charge in [0.05, 0.1) is 10.7 Å². The highest BCUT2D eigenvalue weighted by Gasteiger charge is 2.09. The number of furan rings is 1. The van der Waals surface area contributed by atoms with Crippen LogP contribution in [0.1, 0.15) is 12.2 Å². The largest absolute Gasteiger partial charge is 0.461 e. The van der Waals surface area contributed by atoms with Crippen molar-refractivity contribution in [3.05, 3.63) is 75.9 Å². The van der Waals surface area contributed by atoms with Gasteiger partial charge in [0.1, 0.15) is 11.5 Å². The average Bonchev–Trinajstić information content (AvgIpc) is 3.05. The molecule has 0 fully saturated rings. The minimum Gasteiger partial charge on any atom is -0.461 e. The predicted molar refractivity (Wildman–Crippen MR) is 100 cm³/mol. The number of aryl methyl sites for hydroxylation is 1. The lowest BCUT2D eigenvalue weighted by atomic mass is 10.2. The molecule has 3 aromatic rings. The Morgan fingerprint density at radius 1 is 1.04 bits per heavy atom. The fourth-order valence-corrected chi connectivity index (χ4v) is 2.74. The molecular formula is C19H15BrClNO2. The molecule has 1 N–H and O–H groups in total. The van der Waals surface area contributed by atoms with Crippen LogP contribution in [-0.2, 0) is 11.2 Å². The zero-order valence-corrected chi connectivity index (χ0v) is 15.1. The molecule has 0 aliphatic carbocycles. The lowest BCUT2D eigenvalue weighted by Crippen LogP contribution is -2.12. The third kappa shape index (κ3) is 4.28. The van der Waals surface area contributed by atoms with Gasteiger partial charge < -0.3 is 9.73 Å². The Morgan fingerprint density at radius 3 is 2.54 bits per heavy atom. The highest BCUT2D eigenvalue weighted by atomic mass is 79.9. The SMILES string of the molecule is O=C(CCc1ccc(-c2ccc(Br)cc2)o1)Nc1ccccc1Cl. The third-order valence-electron chi connectivity index (χ3n) is 3.54. The normalized spacial score (nSPS) is 10.6. The van der Waals surface area contributed by atoms with E-state index in [1.54, 1.807) is 12.1 Å². The summed E-state index contributed by atoms with van der Waals surface area (Å²) in [7, 11) is 0. The predicted octanol–water partition coefficient (Wildman–Crippen LogP) is 5.93. The monoisotopic (exact) mass is 403 g/mol. The summed E-state index contributed by atoms with van der Waals surface area (Å²) in [5, 5.41) is 3.34. The fraction of sp³-hybridized carbons (Fsp3) is 0.105. The second-order valence-corrected chi connectivity index (χ2v) is 6.62. The van der Waals surface area contributed by atoms with Crippen LogP contribution in [0, 0.1) is 0 Å². The van der Waals surface area contributed by atoms with Crippen molar-refractivity contribution in [3.63, 3.8) is 0 Å². The molecule has 0 spiro atoms. The summed E-state index contributed by atoms with van der Waals surface area (Å²) in [5.74, 6) is 1.48. The zero-order valence-electron chi connectivity index (χ0n) is 12.8. The molecule has 0 radical (unpaired) electrons. The van der Waals surface area contributed by atoms with E-state index in [1.165, 1.54) is 0 Å². The number of nitrogens with one attached hydrogen (secondary N) is 1. The fourth-order valence-electron chi connectivity index (χ4n) is 2.29. The Labute approximate surface area is 153 Å². The Balaban J connectivity index is 1.58. The summed E-state index contributed by atoms with van der Waals surface area (Å²) < 4.78 is 6.84. The molecule has 0 atom stereocenters. The summed E-state index contributed by atoms with van der Waals surface area (Å²) in [6.45, 7) is 0. The van der Waals surface area contributed by atoms with E-state index in [2.05, 4.69) is 21.2 Å². The molecule has 0 aliphatic heterocycles. The molecule has 3 rings (SSSR count). The maximum Gasteiger partial charge on any atom is 0.224 e. The number of hydrogen-bond donors (Lipinski definition) is 1. The van der Waals surface area contributed by atoms with Gasteiger partial charge in [-0.05, 0) is 36.4 Å². The van der Waals surface area contributed by atoms with Gasteiger partial charge in [-0.2, -0.15) is 0 Å². The summed E-state index contributed by atoms with van der Waals surface area (Å²) in [6.07, 6.45) is 0.866. The maximum atomic E-state index is 12.0. The van der Waals surface area contributed by atoms with Crippen LogP contribution in [0.2, 0.25) is 5.02 Å². The van der Waals surface area contributed by atoms with Crippen molar-refractivity contribution >= 4 is 39.1 Å². The first kappa shape index (κ1) is 16.8. The van der Waals surface area contributed by atoms with Gasteiger partial charge in [-0.1, -0.05) is 51.8 Å². The van der Waals surface area contributed by atoms with E-state index in [4.69, 9.17) is 16.0 Å². The molecule has 0 saturated carbocycles. The Bertz CT molecular complexity index is 843. The molecule has 1 heterocycles. The maximum absolute atomic E-state index is 12.0. The highest BCUT2D eigenvalue weighted by Crippen LogP contribution is 2.25. The standard InChI is InChI=1S/C19H15BrClNO2/c20-14-7-5-13(6-8-14)18-11-9-15(24-18)10-12-19(23)22-17-4-2-1-3-16(17)21/h1-9,11H,10,12H2,(H,22,23). The number of anilines is 1. The molecule has 2 aromatic carbocycles. The summed E-state index contributed by atoms with van der Waals surface area (Å²) >= 11 is 9.44. The zero-order chi connectivity index (χ0) is 16.9. The molecule has 1 amide bonds. The van der Waals surface area contributed by atoms with Gasteiger partial charge in [0.15, 0.2) is 0 Å². The topological polar surface area (TPSA) is 42.2 Å². The van der Waals surface area contributed by atoms with Crippen molar-refractivity contribution in [2.75, 3.05) is 5.32 Å². The molecule has 24 heavy (non-hydrogen) atoms. The van der Waals surface area contributed by atoms with E-state index in [1.807, 2.05) is 48.5 Å². The van der Waals surface area contributed by atoms with Crippen molar-refractivity contribution in [3.8, 4) is 11.3 Å². The van der Waals surface area contributed by atoms with Crippen molar-refractivity contribution in [1.82, 2.24) is 0 Å². The van der Waals surface area contributed by atoms with Crippen LogP contribution >= 0.6 is 27.5 Å². The number of para-hydroxylation sites is 1. The third-order valence-corrected chi connectivity index (χ3v) is 4.40. The van der Waals surface area contributed by atoms with Crippen LogP contribution in [0.4, 0.5) is 5.69 Å². The van der Waals surface area contributed by atoms with Gasteiger partial charge in [0.25, 0.3) is 0 Å². The van der Waals surface area contributed by atoms with Gasteiger partial charge in [0, 0.05) is 22.9 Å². The summed E-state index contributed by atoms with van der Waals surface area (Å²) in [5.41, 5.74) is 1.63. The molecule has 0 unspecified atom stereocenters. The molecule has 0 saturated heterocycles. The Kier molecular flexibility index (Phi) is 5.38. The summed E-state index contributed by atoms with van der Waals surface area (Å²) in [6, 6.07) is 18.9. The minimum atomic E-state index is -0.0929. The van der Waals surface area contributed by atoms with Gasteiger partial charge in [-0.25, -0.2) is 0 Å². The molecule has 0 bridgehead atoms. The van der Waals surface area contributed by atoms with Crippen LogP contribution in [0.15, 0.2) is 69.6 Å². The van der Waals surface area contributed by atoms with Crippen LogP contribution in [0.5, 0.6) is 0 Å². The van der Waals surface area contributed by atoms with Gasteiger partial charge >= 0.3 is 0 Å². The number of amides is 1. The first-order valence-electron chi connectivity index (χ1n) is 7.51. The molecule has 1 aromatic heterocycles. The van der Waals surface area contributed by atoms with E-state index < -0.39 is 0 Å². The molecule has 122 valence electrons. The lowest BCUT2D eigenvalue weighted by molar-refractivity contribution is -0.116. The van der Waals surface area contributed by atoms with Crippen molar-refractivity contribution in [2.24, 2.45) is 0 Å². The quantitative estimate of drug-likeness (QED) is 0.572. The molecule has 5 heteroatoms. The molecule has 3 nitrogen and oxygen atoms in total. The van der Waals surface area contributed by atoms with E-state index >= 15 is 0 Å². The van der Waals surface area contributed by atoms with E-state index in [0.717, 1.165) is 21.6 Å². The minimum absolute atomic E-state index is 0.0929. The van der Waals surface area contributed by atoms with Crippen molar-refractivity contribution in [2.45, 2.75) is 12.8 Å². The van der Waals surface area contributed by atoms with E-state index in [0.29, 0.717) is 23.6 Å². The smallest absolute Gasteiger partial charge is 0.224 e. The van der Waals surface area contributed by atoms with Gasteiger partial charge in [-0.15, -0.1) is 0 Å². The number of carbonyl (C=O) groups is 1. The molecule has 0 aliphatic rings. The number of hydrogen-bond acceptors (Lipinski definition) is 2. The number of halogens is 2. The van der Waals surface area contributed by atoms with Crippen LogP contribution in [0.3, 0.4) is 0 Å². The van der Waals surface area contributed by atoms with Crippen LogP contribution in [-0.4, -0.2) is 5.91 Å².